The van der Waals surface area contributed by atoms with E-state index in [0.717, 1.165) is 55.5 Å². The second kappa shape index (κ2) is 9.37. The topological polar surface area (TPSA) is 54.6 Å². The summed E-state index contributed by atoms with van der Waals surface area (Å²) < 4.78 is 10.6. The number of fused-ring (bicyclic) bond motifs is 2. The molecule has 2 aliphatic rings. The lowest BCUT2D eigenvalue weighted by atomic mass is 9.87. The number of aryl methyl sites for hydroxylation is 2. The van der Waals surface area contributed by atoms with Crippen LogP contribution in [0.1, 0.15) is 58.6 Å². The van der Waals surface area contributed by atoms with E-state index in [1.165, 1.54) is 49.7 Å². The molecule has 0 unspecified atom stereocenters. The van der Waals surface area contributed by atoms with E-state index >= 15 is 0 Å². The number of piperidine rings is 1. The van der Waals surface area contributed by atoms with Gasteiger partial charge in [0.25, 0.3) is 0 Å². The lowest BCUT2D eigenvalue weighted by Crippen LogP contribution is -2.33. The number of likely N-dealkylation sites (tertiary alicyclic amines) is 1. The van der Waals surface area contributed by atoms with Gasteiger partial charge in [-0.1, -0.05) is 12.1 Å². The Hall–Kier alpha value is -2.79. The number of H-pyrrole nitrogens is 1. The van der Waals surface area contributed by atoms with Crippen LogP contribution in [0.15, 0.2) is 42.6 Å². The largest absolute Gasteiger partial charge is 0.493 e. The van der Waals surface area contributed by atoms with Crippen LogP contribution in [0.2, 0.25) is 0 Å². The standard InChI is InChI=1S/C27H32N2O3/c1-31-27(30)22-6-8-25-24(17-22)23(18-28-25)4-2-12-29-13-10-19(11-14-29)20-7-9-26-21(16-20)5-3-15-32-26/h6-9,16-19,28H,2-5,10-15H2,1H3. The number of carbonyl (C=O) groups excluding carboxylic acids is 1. The third-order valence-corrected chi connectivity index (χ3v) is 7.10. The predicted molar refractivity (Wildman–Crippen MR) is 127 cm³/mol. The zero-order chi connectivity index (χ0) is 21.9. The van der Waals surface area contributed by atoms with E-state index in [4.69, 9.17) is 9.47 Å². The molecular weight excluding hydrogens is 400 g/mol. The van der Waals surface area contributed by atoms with Gasteiger partial charge >= 0.3 is 5.97 Å². The van der Waals surface area contributed by atoms with Crippen LogP contribution < -0.4 is 4.74 Å². The average molecular weight is 433 g/mol. The number of ether oxygens (including phenoxy) is 2. The minimum Gasteiger partial charge on any atom is -0.493 e. The maximum atomic E-state index is 11.9. The summed E-state index contributed by atoms with van der Waals surface area (Å²) in [5, 5.41) is 1.13. The maximum Gasteiger partial charge on any atom is 0.337 e. The highest BCUT2D eigenvalue weighted by Crippen LogP contribution is 2.33. The first kappa shape index (κ1) is 21.1. The van der Waals surface area contributed by atoms with Gasteiger partial charge in [-0.3, -0.25) is 0 Å². The summed E-state index contributed by atoms with van der Waals surface area (Å²) >= 11 is 0. The molecule has 3 aromatic rings. The van der Waals surface area contributed by atoms with Crippen LogP contribution in [0, 0.1) is 0 Å². The molecular formula is C27H32N2O3. The Labute approximate surface area is 189 Å². The zero-order valence-corrected chi connectivity index (χ0v) is 18.9. The van der Waals surface area contributed by atoms with E-state index < -0.39 is 0 Å². The molecule has 5 nitrogen and oxygen atoms in total. The molecule has 32 heavy (non-hydrogen) atoms. The third-order valence-electron chi connectivity index (χ3n) is 7.10. The van der Waals surface area contributed by atoms with Crippen LogP contribution in [0.5, 0.6) is 5.75 Å². The monoisotopic (exact) mass is 432 g/mol. The molecule has 1 fully saturated rings. The lowest BCUT2D eigenvalue weighted by Gasteiger charge is -2.32. The zero-order valence-electron chi connectivity index (χ0n) is 18.9. The normalized spacial score (nSPS) is 17.2. The molecule has 1 aromatic heterocycles. The van der Waals surface area contributed by atoms with Crippen LogP contribution in [0.25, 0.3) is 10.9 Å². The van der Waals surface area contributed by atoms with E-state index in [1.54, 1.807) is 0 Å². The highest BCUT2D eigenvalue weighted by atomic mass is 16.5. The van der Waals surface area contributed by atoms with Crippen molar-refractivity contribution in [2.75, 3.05) is 33.4 Å². The Morgan fingerprint density at radius 1 is 1.19 bits per heavy atom. The summed E-state index contributed by atoms with van der Waals surface area (Å²) in [6.07, 6.45) is 8.96. The predicted octanol–water partition coefficient (Wildman–Crippen LogP) is 5.09. The fourth-order valence-corrected chi connectivity index (χ4v) is 5.25. The highest BCUT2D eigenvalue weighted by molar-refractivity contribution is 5.95. The fraction of sp³-hybridized carbons (Fsp3) is 0.444. The van der Waals surface area contributed by atoms with Gasteiger partial charge in [0.1, 0.15) is 5.75 Å². The van der Waals surface area contributed by atoms with Gasteiger partial charge in [0, 0.05) is 17.1 Å². The first-order valence-corrected chi connectivity index (χ1v) is 11.9. The van der Waals surface area contributed by atoms with Crippen molar-refractivity contribution in [3.63, 3.8) is 0 Å². The minimum absolute atomic E-state index is 0.284. The molecule has 1 saturated heterocycles. The first-order valence-electron chi connectivity index (χ1n) is 11.9. The molecule has 3 heterocycles. The van der Waals surface area contributed by atoms with Crippen molar-refractivity contribution in [1.82, 2.24) is 9.88 Å². The fourth-order valence-electron chi connectivity index (χ4n) is 5.25. The van der Waals surface area contributed by atoms with Gasteiger partial charge in [-0.15, -0.1) is 0 Å². The van der Waals surface area contributed by atoms with Gasteiger partial charge in [-0.2, -0.15) is 0 Å². The summed E-state index contributed by atoms with van der Waals surface area (Å²) in [5.74, 6) is 1.48. The third kappa shape index (κ3) is 4.40. The van der Waals surface area contributed by atoms with Gasteiger partial charge < -0.3 is 19.4 Å². The van der Waals surface area contributed by atoms with Crippen molar-refractivity contribution in [3.05, 3.63) is 64.8 Å². The molecule has 2 aliphatic heterocycles. The highest BCUT2D eigenvalue weighted by Gasteiger charge is 2.22. The maximum absolute atomic E-state index is 11.9. The molecule has 0 bridgehead atoms. The van der Waals surface area contributed by atoms with Crippen LogP contribution >= 0.6 is 0 Å². The summed E-state index contributed by atoms with van der Waals surface area (Å²) in [6, 6.07) is 12.6. The van der Waals surface area contributed by atoms with Gasteiger partial charge in [-0.25, -0.2) is 4.79 Å². The first-order chi connectivity index (χ1) is 15.7. The molecule has 2 aromatic carbocycles. The molecule has 0 spiro atoms. The van der Waals surface area contributed by atoms with Crippen LogP contribution in [-0.2, 0) is 17.6 Å². The number of aromatic nitrogens is 1. The molecule has 0 saturated carbocycles. The van der Waals surface area contributed by atoms with E-state index in [0.29, 0.717) is 11.5 Å². The quantitative estimate of drug-likeness (QED) is 0.551. The van der Waals surface area contributed by atoms with Gasteiger partial charge in [0.15, 0.2) is 0 Å². The Balaban J connectivity index is 1.14. The van der Waals surface area contributed by atoms with Crippen molar-refractivity contribution in [1.29, 1.82) is 0 Å². The summed E-state index contributed by atoms with van der Waals surface area (Å²) in [4.78, 5) is 17.8. The number of esters is 1. The van der Waals surface area contributed by atoms with Gasteiger partial charge in [0.05, 0.1) is 19.3 Å². The molecule has 0 radical (unpaired) electrons. The Morgan fingerprint density at radius 3 is 2.91 bits per heavy atom. The average Bonchev–Trinajstić information content (AvgIpc) is 3.26. The van der Waals surface area contributed by atoms with E-state index in [9.17, 15) is 4.79 Å². The SMILES string of the molecule is COC(=O)c1ccc2[nH]cc(CCCN3CCC(c4ccc5c(c4)CCCO5)CC3)c2c1. The summed E-state index contributed by atoms with van der Waals surface area (Å²) in [7, 11) is 1.42. The second-order valence-electron chi connectivity index (χ2n) is 9.10. The number of methoxy groups -OCH3 is 1. The van der Waals surface area contributed by atoms with Crippen LogP contribution in [0.3, 0.4) is 0 Å². The van der Waals surface area contributed by atoms with Gasteiger partial charge in [-0.05, 0) is 105 Å². The van der Waals surface area contributed by atoms with Crippen molar-refractivity contribution in [3.8, 4) is 5.75 Å². The second-order valence-corrected chi connectivity index (χ2v) is 9.10. The number of nitrogens with one attached hydrogen (secondary N) is 1. The van der Waals surface area contributed by atoms with Crippen molar-refractivity contribution >= 4 is 16.9 Å². The number of aromatic amines is 1. The number of rotatable bonds is 6. The Morgan fingerprint density at radius 2 is 2.06 bits per heavy atom. The van der Waals surface area contributed by atoms with Crippen molar-refractivity contribution < 1.29 is 14.3 Å². The smallest absolute Gasteiger partial charge is 0.337 e. The molecule has 0 atom stereocenters. The molecule has 5 rings (SSSR count). The van der Waals surface area contributed by atoms with Crippen LogP contribution in [0.4, 0.5) is 0 Å². The van der Waals surface area contributed by atoms with E-state index in [-0.39, 0.29) is 5.97 Å². The number of hydrogen-bond acceptors (Lipinski definition) is 4. The number of carbonyl (C=O) groups is 1. The lowest BCUT2D eigenvalue weighted by molar-refractivity contribution is 0.0601. The molecule has 0 aliphatic carbocycles. The summed E-state index contributed by atoms with van der Waals surface area (Å²) in [6.45, 7) is 4.31. The Kier molecular flexibility index (Phi) is 6.17. The minimum atomic E-state index is -0.284. The molecule has 0 amide bonds. The van der Waals surface area contributed by atoms with E-state index in [1.807, 2.05) is 18.2 Å². The van der Waals surface area contributed by atoms with Gasteiger partial charge in [0.2, 0.25) is 0 Å². The molecule has 5 heteroatoms. The van der Waals surface area contributed by atoms with Crippen LogP contribution in [-0.4, -0.2) is 49.2 Å². The Bertz CT molecular complexity index is 1100. The summed E-state index contributed by atoms with van der Waals surface area (Å²) in [5.41, 5.74) is 5.84. The van der Waals surface area contributed by atoms with E-state index in [2.05, 4.69) is 34.3 Å². The number of benzene rings is 2. The molecule has 1 N–H and O–H groups in total. The number of hydrogen-bond donors (Lipinski definition) is 1. The van der Waals surface area contributed by atoms with Crippen molar-refractivity contribution in [2.24, 2.45) is 0 Å². The molecule has 168 valence electrons. The number of nitrogens with zero attached hydrogens (tertiary/aromatic N) is 1. The van der Waals surface area contributed by atoms with Crippen molar-refractivity contribution in [2.45, 2.75) is 44.4 Å².